The van der Waals surface area contributed by atoms with Crippen molar-refractivity contribution in [1.29, 1.82) is 0 Å². The number of benzene rings is 1. The van der Waals surface area contributed by atoms with Crippen LogP contribution in [0.25, 0.3) is 0 Å². The first-order valence-corrected chi connectivity index (χ1v) is 7.48. The molecule has 0 aromatic heterocycles. The minimum absolute atomic E-state index is 0.261. The van der Waals surface area contributed by atoms with E-state index in [2.05, 4.69) is 12.1 Å². The van der Waals surface area contributed by atoms with Gasteiger partial charge in [-0.3, -0.25) is 0 Å². The van der Waals surface area contributed by atoms with E-state index in [1.165, 1.54) is 24.2 Å². The molecule has 0 saturated carbocycles. The highest BCUT2D eigenvalue weighted by molar-refractivity contribution is 7.99. The van der Waals surface area contributed by atoms with Crippen molar-refractivity contribution < 1.29 is 9.84 Å². The molecule has 1 aliphatic heterocycles. The Labute approximate surface area is 107 Å². The van der Waals surface area contributed by atoms with Crippen molar-refractivity contribution in [1.82, 2.24) is 0 Å². The molecule has 0 spiro atoms. The van der Waals surface area contributed by atoms with Crippen LogP contribution in [0, 0.1) is 0 Å². The average Bonchev–Trinajstić information content (AvgIpc) is 2.39. The Morgan fingerprint density at radius 2 is 2.12 bits per heavy atom. The summed E-state index contributed by atoms with van der Waals surface area (Å²) >= 11 is 1.98. The van der Waals surface area contributed by atoms with Crippen LogP contribution in [0.4, 0.5) is 0 Å². The number of ether oxygens (including phenoxy) is 1. The second kappa shape index (κ2) is 6.92. The van der Waals surface area contributed by atoms with Crippen molar-refractivity contribution in [2.24, 2.45) is 0 Å². The lowest BCUT2D eigenvalue weighted by Crippen LogP contribution is -2.23. The second-order valence-electron chi connectivity index (χ2n) is 4.43. The molecule has 94 valence electrons. The van der Waals surface area contributed by atoms with Crippen molar-refractivity contribution >= 4 is 11.8 Å². The summed E-state index contributed by atoms with van der Waals surface area (Å²) in [6.45, 7) is 0.261. The summed E-state index contributed by atoms with van der Waals surface area (Å²) in [5, 5.41) is 8.77. The molecule has 1 heterocycles. The van der Waals surface area contributed by atoms with Crippen molar-refractivity contribution in [2.75, 3.05) is 18.1 Å². The molecule has 1 N–H and O–H groups in total. The van der Waals surface area contributed by atoms with E-state index in [1.54, 1.807) is 0 Å². The summed E-state index contributed by atoms with van der Waals surface area (Å²) in [6, 6.07) is 8.29. The Kier molecular flexibility index (Phi) is 5.20. The molecular weight excluding hydrogens is 232 g/mol. The zero-order valence-corrected chi connectivity index (χ0v) is 10.9. The van der Waals surface area contributed by atoms with E-state index in [0.29, 0.717) is 6.10 Å². The molecule has 2 rings (SSSR count). The fourth-order valence-corrected chi connectivity index (χ4v) is 3.05. The lowest BCUT2D eigenvalue weighted by atomic mass is 10.1. The number of aliphatic hydroxyl groups excluding tert-OH is 1. The molecule has 3 heteroatoms. The molecule has 1 aromatic carbocycles. The summed E-state index contributed by atoms with van der Waals surface area (Å²) in [7, 11) is 0. The van der Waals surface area contributed by atoms with E-state index in [0.717, 1.165) is 24.3 Å². The number of hydrogen-bond acceptors (Lipinski definition) is 3. The fourth-order valence-electron chi connectivity index (χ4n) is 2.01. The number of hydrogen-bond donors (Lipinski definition) is 1. The molecule has 0 radical (unpaired) electrons. The van der Waals surface area contributed by atoms with Gasteiger partial charge in [0.05, 0.1) is 0 Å². The van der Waals surface area contributed by atoms with E-state index < -0.39 is 0 Å². The maximum absolute atomic E-state index is 8.77. The molecule has 1 unspecified atom stereocenters. The molecule has 1 atom stereocenters. The third-order valence-corrected chi connectivity index (χ3v) is 4.15. The van der Waals surface area contributed by atoms with Gasteiger partial charge in [-0.1, -0.05) is 12.1 Å². The summed E-state index contributed by atoms with van der Waals surface area (Å²) in [5.41, 5.74) is 1.27. The van der Waals surface area contributed by atoms with Crippen molar-refractivity contribution in [2.45, 2.75) is 31.8 Å². The fraction of sp³-hybridized carbons (Fsp3) is 0.571. The predicted octanol–water partition coefficient (Wildman–Crippen LogP) is 2.89. The Hall–Kier alpha value is -0.670. The molecule has 0 bridgehead atoms. The maximum atomic E-state index is 8.77. The summed E-state index contributed by atoms with van der Waals surface area (Å²) in [5.74, 6) is 3.37. The summed E-state index contributed by atoms with van der Waals surface area (Å²) in [6.07, 6.45) is 4.61. The second-order valence-corrected chi connectivity index (χ2v) is 5.58. The van der Waals surface area contributed by atoms with Gasteiger partial charge in [0.25, 0.3) is 0 Å². The molecule has 2 nitrogen and oxygen atoms in total. The first-order valence-electron chi connectivity index (χ1n) is 6.32. The highest BCUT2D eigenvalue weighted by Gasteiger charge is 2.14. The smallest absolute Gasteiger partial charge is 0.119 e. The topological polar surface area (TPSA) is 29.5 Å². The molecule has 1 fully saturated rings. The van der Waals surface area contributed by atoms with Crippen LogP contribution in [-0.2, 0) is 6.42 Å². The molecule has 0 amide bonds. The van der Waals surface area contributed by atoms with E-state index in [1.807, 2.05) is 23.9 Å². The van der Waals surface area contributed by atoms with Gasteiger partial charge in [-0.25, -0.2) is 0 Å². The largest absolute Gasteiger partial charge is 0.490 e. The zero-order chi connectivity index (χ0) is 11.9. The predicted molar refractivity (Wildman–Crippen MR) is 72.8 cm³/mol. The van der Waals surface area contributed by atoms with Crippen molar-refractivity contribution in [3.8, 4) is 5.75 Å². The Balaban J connectivity index is 1.84. The summed E-state index contributed by atoms with van der Waals surface area (Å²) < 4.78 is 5.94. The van der Waals surface area contributed by atoms with Crippen LogP contribution in [-0.4, -0.2) is 29.3 Å². The monoisotopic (exact) mass is 252 g/mol. The van der Waals surface area contributed by atoms with Crippen LogP contribution in [0.15, 0.2) is 24.3 Å². The van der Waals surface area contributed by atoms with Crippen LogP contribution >= 0.6 is 11.8 Å². The lowest BCUT2D eigenvalue weighted by Gasteiger charge is -2.22. The van der Waals surface area contributed by atoms with Gasteiger partial charge in [-0.2, -0.15) is 11.8 Å². The van der Waals surface area contributed by atoms with Gasteiger partial charge < -0.3 is 9.84 Å². The number of aryl methyl sites for hydroxylation is 1. The first-order chi connectivity index (χ1) is 8.38. The van der Waals surface area contributed by atoms with Crippen LogP contribution in [0.3, 0.4) is 0 Å². The Bertz CT molecular complexity index is 317. The van der Waals surface area contributed by atoms with E-state index in [4.69, 9.17) is 9.84 Å². The quantitative estimate of drug-likeness (QED) is 0.874. The molecule has 1 aliphatic rings. The first kappa shape index (κ1) is 12.8. The maximum Gasteiger partial charge on any atom is 0.119 e. The molecule has 17 heavy (non-hydrogen) atoms. The number of rotatable bonds is 5. The molecule has 1 saturated heterocycles. The molecule has 0 aliphatic carbocycles. The van der Waals surface area contributed by atoms with E-state index in [9.17, 15) is 0 Å². The minimum Gasteiger partial charge on any atom is -0.490 e. The van der Waals surface area contributed by atoms with Gasteiger partial charge in [0, 0.05) is 12.4 Å². The Morgan fingerprint density at radius 3 is 2.76 bits per heavy atom. The molecular formula is C14H20O2S. The number of aliphatic hydroxyl groups is 1. The normalized spacial score (nSPS) is 20.2. The molecule has 1 aromatic rings. The minimum atomic E-state index is 0.261. The van der Waals surface area contributed by atoms with Crippen molar-refractivity contribution in [3.05, 3.63) is 29.8 Å². The Morgan fingerprint density at radius 1 is 1.29 bits per heavy atom. The van der Waals surface area contributed by atoms with E-state index >= 15 is 0 Å². The lowest BCUT2D eigenvalue weighted by molar-refractivity contribution is 0.211. The van der Waals surface area contributed by atoms with Gasteiger partial charge in [0.2, 0.25) is 0 Å². The average molecular weight is 252 g/mol. The third kappa shape index (κ3) is 4.25. The highest BCUT2D eigenvalue weighted by atomic mass is 32.2. The van der Waals surface area contributed by atoms with E-state index in [-0.39, 0.29) is 6.61 Å². The van der Waals surface area contributed by atoms with Gasteiger partial charge in [0.15, 0.2) is 0 Å². The number of thioether (sulfide) groups is 1. The van der Waals surface area contributed by atoms with Gasteiger partial charge in [-0.15, -0.1) is 0 Å². The van der Waals surface area contributed by atoms with Crippen LogP contribution in [0.1, 0.15) is 24.8 Å². The summed E-state index contributed by atoms with van der Waals surface area (Å²) in [4.78, 5) is 0. The standard InChI is InChI=1S/C14H20O2S/c15-9-1-3-12-5-7-13(8-6-12)16-14-4-2-10-17-11-14/h5-8,14-15H,1-4,9-11H2. The zero-order valence-electron chi connectivity index (χ0n) is 10.1. The van der Waals surface area contributed by atoms with Gasteiger partial charge >= 0.3 is 0 Å². The highest BCUT2D eigenvalue weighted by Crippen LogP contribution is 2.22. The van der Waals surface area contributed by atoms with Crippen LogP contribution in [0.5, 0.6) is 5.75 Å². The van der Waals surface area contributed by atoms with Gasteiger partial charge in [0.1, 0.15) is 11.9 Å². The van der Waals surface area contributed by atoms with Crippen molar-refractivity contribution in [3.63, 3.8) is 0 Å². The third-order valence-electron chi connectivity index (χ3n) is 2.97. The van der Waals surface area contributed by atoms with Gasteiger partial charge in [-0.05, 0) is 49.1 Å². The van der Waals surface area contributed by atoms with Crippen LogP contribution in [0.2, 0.25) is 0 Å². The SMILES string of the molecule is OCCCc1ccc(OC2CCCSC2)cc1. The van der Waals surface area contributed by atoms with Crippen LogP contribution < -0.4 is 4.74 Å².